The van der Waals surface area contributed by atoms with Gasteiger partial charge in [-0.05, 0) is 18.6 Å². The number of amides is 2. The minimum atomic E-state index is -4.00. The fraction of sp³-hybridized carbons (Fsp3) is 0.286. The minimum Gasteiger partial charge on any atom is -0.299 e. The first-order valence-corrected chi connectivity index (χ1v) is 10.6. The number of nitrogens with zero attached hydrogens (tertiary/aromatic N) is 3. The van der Waals surface area contributed by atoms with Crippen molar-refractivity contribution >= 4 is 50.1 Å². The van der Waals surface area contributed by atoms with Crippen molar-refractivity contribution in [3.8, 4) is 0 Å². The van der Waals surface area contributed by atoms with E-state index in [1.54, 1.807) is 6.07 Å². The van der Waals surface area contributed by atoms with Crippen molar-refractivity contribution in [2.45, 2.75) is 22.6 Å². The quantitative estimate of drug-likeness (QED) is 0.584. The number of benzene rings is 1. The van der Waals surface area contributed by atoms with E-state index in [4.69, 9.17) is 0 Å². The number of thioether (sulfide) groups is 1. The van der Waals surface area contributed by atoms with Crippen LogP contribution in [-0.2, 0) is 14.8 Å². The highest BCUT2D eigenvalue weighted by molar-refractivity contribution is 8.01. The summed E-state index contributed by atoms with van der Waals surface area (Å²) >= 11 is 2.73. The van der Waals surface area contributed by atoms with Crippen LogP contribution in [0.25, 0.3) is 0 Å². The predicted molar refractivity (Wildman–Crippen MR) is 94.2 cm³/mol. The molecule has 0 spiro atoms. The Hall–Kier alpha value is -1.98. The Morgan fingerprint density at radius 3 is 2.80 bits per heavy atom. The summed E-state index contributed by atoms with van der Waals surface area (Å²) in [4.78, 5) is 24.3. The monoisotopic (exact) mass is 398 g/mol. The number of fused-ring (bicyclic) bond motifs is 1. The molecule has 3 rings (SSSR count). The molecule has 132 valence electrons. The summed E-state index contributed by atoms with van der Waals surface area (Å²) < 4.78 is 26.1. The van der Waals surface area contributed by atoms with E-state index in [0.29, 0.717) is 4.31 Å². The van der Waals surface area contributed by atoms with Gasteiger partial charge in [-0.1, -0.05) is 42.2 Å². The lowest BCUT2D eigenvalue weighted by molar-refractivity contribution is -0.116. The normalized spacial score (nSPS) is 15.2. The van der Waals surface area contributed by atoms with E-state index >= 15 is 0 Å². The molecule has 0 bridgehead atoms. The number of anilines is 1. The van der Waals surface area contributed by atoms with Crippen molar-refractivity contribution in [1.29, 1.82) is 0 Å². The van der Waals surface area contributed by atoms with Crippen LogP contribution in [0.1, 0.15) is 23.7 Å². The van der Waals surface area contributed by atoms with Crippen LogP contribution in [0, 0.1) is 0 Å². The fourth-order valence-corrected chi connectivity index (χ4v) is 5.40. The molecule has 0 fully saturated rings. The van der Waals surface area contributed by atoms with Gasteiger partial charge in [0, 0.05) is 5.75 Å². The number of hydrogen-bond acceptors (Lipinski definition) is 8. The van der Waals surface area contributed by atoms with E-state index in [2.05, 4.69) is 15.5 Å². The first-order valence-electron chi connectivity index (χ1n) is 7.35. The van der Waals surface area contributed by atoms with Crippen molar-refractivity contribution in [1.82, 2.24) is 14.5 Å². The molecule has 2 amide bonds. The van der Waals surface area contributed by atoms with Crippen LogP contribution < -0.4 is 5.32 Å². The van der Waals surface area contributed by atoms with E-state index in [9.17, 15) is 18.0 Å². The van der Waals surface area contributed by atoms with Crippen LogP contribution in [0.3, 0.4) is 0 Å². The van der Waals surface area contributed by atoms with Gasteiger partial charge in [0.1, 0.15) is 11.4 Å². The third-order valence-electron chi connectivity index (χ3n) is 3.28. The molecular weight excluding hydrogens is 384 g/mol. The number of rotatable bonds is 6. The van der Waals surface area contributed by atoms with E-state index in [0.717, 1.165) is 16.5 Å². The summed E-state index contributed by atoms with van der Waals surface area (Å²) in [5.41, 5.74) is 0.0736. The van der Waals surface area contributed by atoms with Crippen LogP contribution in [0.2, 0.25) is 0 Å². The molecular formula is C14H14N4O4S3. The standard InChI is InChI=1S/C14H14N4O4S3/c1-2-7-23-14-17-16-13(24-14)15-11(19)8-18-12(20)9-5-3-4-6-10(9)25(18,21)22/h3-6H,2,7-8H2,1H3,(H,15,16,19). The average Bonchev–Trinajstić information content (AvgIpc) is 3.10. The zero-order chi connectivity index (χ0) is 18.0. The minimum absolute atomic E-state index is 0.0736. The molecule has 1 aliphatic rings. The molecule has 2 heterocycles. The maximum Gasteiger partial charge on any atom is 0.269 e. The van der Waals surface area contributed by atoms with Crippen LogP contribution >= 0.6 is 23.1 Å². The summed E-state index contributed by atoms with van der Waals surface area (Å²) in [6, 6.07) is 5.88. The number of aromatic nitrogens is 2. The van der Waals surface area contributed by atoms with E-state index < -0.39 is 28.4 Å². The largest absolute Gasteiger partial charge is 0.299 e. The molecule has 0 radical (unpaired) electrons. The van der Waals surface area contributed by atoms with Gasteiger partial charge >= 0.3 is 0 Å². The van der Waals surface area contributed by atoms with Crippen molar-refractivity contribution < 1.29 is 18.0 Å². The molecule has 1 aliphatic heterocycles. The first kappa shape index (κ1) is 17.8. The maximum atomic E-state index is 12.4. The summed E-state index contributed by atoms with van der Waals surface area (Å²) in [6.07, 6.45) is 0.988. The molecule has 25 heavy (non-hydrogen) atoms. The molecule has 1 aromatic heterocycles. The highest BCUT2D eigenvalue weighted by Crippen LogP contribution is 2.30. The Morgan fingerprint density at radius 1 is 1.32 bits per heavy atom. The SMILES string of the molecule is CCCSc1nnc(NC(=O)CN2C(=O)c3ccccc3S2(=O)=O)s1. The highest BCUT2D eigenvalue weighted by Gasteiger charge is 2.41. The number of nitrogens with one attached hydrogen (secondary N) is 1. The average molecular weight is 398 g/mol. The Labute approximate surface area is 152 Å². The van der Waals surface area contributed by atoms with E-state index in [-0.39, 0.29) is 15.6 Å². The molecule has 2 aromatic rings. The zero-order valence-electron chi connectivity index (χ0n) is 13.1. The maximum absolute atomic E-state index is 12.4. The van der Waals surface area contributed by atoms with Crippen LogP contribution in [0.5, 0.6) is 0 Å². The van der Waals surface area contributed by atoms with Gasteiger partial charge in [-0.25, -0.2) is 12.7 Å². The second-order valence-electron chi connectivity index (χ2n) is 5.08. The number of hydrogen-bond donors (Lipinski definition) is 1. The highest BCUT2D eigenvalue weighted by atomic mass is 32.2. The van der Waals surface area contributed by atoms with Gasteiger partial charge in [0.05, 0.1) is 5.56 Å². The van der Waals surface area contributed by atoms with Gasteiger partial charge < -0.3 is 0 Å². The Morgan fingerprint density at radius 2 is 2.08 bits per heavy atom. The van der Waals surface area contributed by atoms with E-state index in [1.165, 1.54) is 41.3 Å². The Balaban J connectivity index is 1.70. The molecule has 0 aliphatic carbocycles. The topological polar surface area (TPSA) is 109 Å². The fourth-order valence-electron chi connectivity index (χ4n) is 2.18. The predicted octanol–water partition coefficient (Wildman–Crippen LogP) is 1.82. The molecule has 0 saturated carbocycles. The number of sulfonamides is 1. The second kappa shape index (κ2) is 7.10. The van der Waals surface area contributed by atoms with Crippen molar-refractivity contribution in [3.63, 3.8) is 0 Å². The van der Waals surface area contributed by atoms with Crippen LogP contribution in [-0.4, -0.2) is 47.0 Å². The van der Waals surface area contributed by atoms with Crippen LogP contribution in [0.4, 0.5) is 5.13 Å². The number of carbonyl (C=O) groups is 2. The molecule has 1 N–H and O–H groups in total. The summed E-state index contributed by atoms with van der Waals surface area (Å²) in [5.74, 6) is -0.461. The van der Waals surface area contributed by atoms with Crippen molar-refractivity contribution in [3.05, 3.63) is 29.8 Å². The molecule has 0 saturated heterocycles. The summed E-state index contributed by atoms with van der Waals surface area (Å²) in [6.45, 7) is 1.44. The molecule has 8 nitrogen and oxygen atoms in total. The third kappa shape index (κ3) is 3.53. The summed E-state index contributed by atoms with van der Waals surface area (Å²) in [7, 11) is -4.00. The zero-order valence-corrected chi connectivity index (χ0v) is 15.6. The van der Waals surface area contributed by atoms with Crippen LogP contribution in [0.15, 0.2) is 33.5 Å². The smallest absolute Gasteiger partial charge is 0.269 e. The number of carbonyl (C=O) groups excluding carboxylic acids is 2. The summed E-state index contributed by atoms with van der Waals surface area (Å²) in [5, 5.41) is 10.5. The van der Waals surface area contributed by atoms with E-state index in [1.807, 2.05) is 6.92 Å². The van der Waals surface area contributed by atoms with Gasteiger partial charge in [-0.15, -0.1) is 10.2 Å². The third-order valence-corrected chi connectivity index (χ3v) is 7.25. The molecule has 11 heteroatoms. The lowest BCUT2D eigenvalue weighted by Gasteiger charge is -2.13. The first-order chi connectivity index (χ1) is 11.9. The lowest BCUT2D eigenvalue weighted by Crippen LogP contribution is -2.37. The van der Waals surface area contributed by atoms with Crippen molar-refractivity contribution in [2.24, 2.45) is 0 Å². The Kier molecular flexibility index (Phi) is 5.06. The van der Waals surface area contributed by atoms with Gasteiger partial charge in [0.2, 0.25) is 11.0 Å². The van der Waals surface area contributed by atoms with Gasteiger partial charge in [0.25, 0.3) is 15.9 Å². The lowest BCUT2D eigenvalue weighted by atomic mass is 10.2. The molecule has 0 atom stereocenters. The Bertz CT molecular complexity index is 926. The molecule has 1 aromatic carbocycles. The van der Waals surface area contributed by atoms with Gasteiger partial charge in [0.15, 0.2) is 4.34 Å². The van der Waals surface area contributed by atoms with Gasteiger partial charge in [-0.2, -0.15) is 0 Å². The molecule has 0 unspecified atom stereocenters. The van der Waals surface area contributed by atoms with Crippen molar-refractivity contribution in [2.75, 3.05) is 17.6 Å². The van der Waals surface area contributed by atoms with Gasteiger partial charge in [-0.3, -0.25) is 14.9 Å². The second-order valence-corrected chi connectivity index (χ2v) is 9.23.